The van der Waals surface area contributed by atoms with Gasteiger partial charge in [-0.05, 0) is 24.6 Å². The lowest BCUT2D eigenvalue weighted by molar-refractivity contribution is -0.124. The molecule has 0 aliphatic carbocycles. The molecule has 0 saturated carbocycles. The molecule has 29 heavy (non-hydrogen) atoms. The zero-order chi connectivity index (χ0) is 20.8. The van der Waals surface area contributed by atoms with E-state index in [4.69, 9.17) is 13.9 Å². The maximum absolute atomic E-state index is 12.9. The highest BCUT2D eigenvalue weighted by atomic mass is 16.5. The van der Waals surface area contributed by atoms with E-state index in [-0.39, 0.29) is 29.4 Å². The Morgan fingerprint density at radius 3 is 2.69 bits per heavy atom. The Kier molecular flexibility index (Phi) is 6.80. The third-order valence-electron chi connectivity index (χ3n) is 5.35. The summed E-state index contributed by atoms with van der Waals surface area (Å²) in [4.78, 5) is 27.4. The average Bonchev–Trinajstić information content (AvgIpc) is 3.43. The van der Waals surface area contributed by atoms with Crippen LogP contribution in [0.1, 0.15) is 41.8 Å². The molecule has 7 nitrogen and oxygen atoms in total. The summed E-state index contributed by atoms with van der Waals surface area (Å²) in [6.45, 7) is 3.45. The highest BCUT2D eigenvalue weighted by molar-refractivity contribution is 5.92. The van der Waals surface area contributed by atoms with Crippen molar-refractivity contribution < 1.29 is 23.5 Å². The molecule has 0 unspecified atom stereocenters. The number of furan rings is 1. The molecule has 2 atom stereocenters. The van der Waals surface area contributed by atoms with Crippen molar-refractivity contribution in [1.82, 2.24) is 10.2 Å². The Morgan fingerprint density at radius 2 is 2.03 bits per heavy atom. The van der Waals surface area contributed by atoms with Gasteiger partial charge in [0.05, 0.1) is 26.4 Å². The number of unbranched alkanes of at least 4 members (excludes halogenated alkanes) is 1. The number of ether oxygens (including phenoxy) is 2. The fourth-order valence-electron chi connectivity index (χ4n) is 3.75. The smallest absolute Gasteiger partial charge is 0.289 e. The molecule has 156 valence electrons. The molecule has 1 fully saturated rings. The first-order chi connectivity index (χ1) is 14.1. The van der Waals surface area contributed by atoms with Crippen LogP contribution in [0, 0.1) is 5.92 Å². The van der Waals surface area contributed by atoms with Gasteiger partial charge in [-0.2, -0.15) is 0 Å². The van der Waals surface area contributed by atoms with Gasteiger partial charge in [0.2, 0.25) is 5.91 Å². The third kappa shape index (κ3) is 4.55. The van der Waals surface area contributed by atoms with Crippen molar-refractivity contribution >= 4 is 11.8 Å². The molecule has 2 aromatic rings. The summed E-state index contributed by atoms with van der Waals surface area (Å²) in [5, 5.41) is 3.01. The number of methoxy groups -OCH3 is 2. The van der Waals surface area contributed by atoms with Crippen LogP contribution in [0.2, 0.25) is 0 Å². The van der Waals surface area contributed by atoms with Crippen LogP contribution in [-0.2, 0) is 4.79 Å². The second-order valence-corrected chi connectivity index (χ2v) is 7.15. The van der Waals surface area contributed by atoms with Gasteiger partial charge in [-0.3, -0.25) is 9.59 Å². The van der Waals surface area contributed by atoms with Gasteiger partial charge in [-0.1, -0.05) is 19.4 Å². The number of carbonyl (C=O) groups is 2. The maximum atomic E-state index is 12.9. The largest absolute Gasteiger partial charge is 0.497 e. The van der Waals surface area contributed by atoms with E-state index >= 15 is 0 Å². The van der Waals surface area contributed by atoms with Crippen LogP contribution < -0.4 is 14.8 Å². The minimum atomic E-state index is -0.368. The van der Waals surface area contributed by atoms with Crippen LogP contribution in [-0.4, -0.2) is 50.6 Å². The van der Waals surface area contributed by atoms with Crippen LogP contribution >= 0.6 is 0 Å². The fraction of sp³-hybridized carbons (Fsp3) is 0.455. The number of rotatable bonds is 8. The van der Waals surface area contributed by atoms with Gasteiger partial charge in [0.25, 0.3) is 5.91 Å². The van der Waals surface area contributed by atoms with Crippen molar-refractivity contribution in [3.8, 4) is 11.5 Å². The van der Waals surface area contributed by atoms with Crippen molar-refractivity contribution in [1.29, 1.82) is 0 Å². The van der Waals surface area contributed by atoms with E-state index in [1.165, 1.54) is 6.26 Å². The topological polar surface area (TPSA) is 81.0 Å². The maximum Gasteiger partial charge on any atom is 0.289 e. The molecule has 1 aliphatic heterocycles. The van der Waals surface area contributed by atoms with E-state index in [0.717, 1.165) is 18.4 Å². The highest BCUT2D eigenvalue weighted by Crippen LogP contribution is 2.39. The molecule has 7 heteroatoms. The van der Waals surface area contributed by atoms with Crippen LogP contribution in [0.4, 0.5) is 0 Å². The molecule has 1 saturated heterocycles. The Labute approximate surface area is 171 Å². The molecule has 1 aromatic carbocycles. The number of carbonyl (C=O) groups excluding carboxylic acids is 2. The average molecular weight is 400 g/mol. The zero-order valence-corrected chi connectivity index (χ0v) is 17.1. The Hall–Kier alpha value is -2.96. The van der Waals surface area contributed by atoms with Crippen molar-refractivity contribution in [3.63, 3.8) is 0 Å². The summed E-state index contributed by atoms with van der Waals surface area (Å²) in [5.74, 6) is 0.790. The summed E-state index contributed by atoms with van der Waals surface area (Å²) in [7, 11) is 3.19. The monoisotopic (exact) mass is 400 g/mol. The SMILES string of the molecule is CCCCNC(=O)[C@H]1CN(C(=O)c2ccco2)C[C@H]1c1ccc(OC)cc1OC. The summed E-state index contributed by atoms with van der Waals surface area (Å²) < 4.78 is 16.1. The summed E-state index contributed by atoms with van der Waals surface area (Å²) in [6, 6.07) is 8.89. The third-order valence-corrected chi connectivity index (χ3v) is 5.35. The minimum Gasteiger partial charge on any atom is -0.497 e. The van der Waals surface area contributed by atoms with Crippen molar-refractivity contribution in [2.75, 3.05) is 33.9 Å². The fourth-order valence-corrected chi connectivity index (χ4v) is 3.75. The first-order valence-electron chi connectivity index (χ1n) is 9.91. The predicted molar refractivity (Wildman–Crippen MR) is 108 cm³/mol. The van der Waals surface area contributed by atoms with Gasteiger partial charge in [0, 0.05) is 37.2 Å². The van der Waals surface area contributed by atoms with E-state index in [0.29, 0.717) is 31.1 Å². The molecule has 1 aromatic heterocycles. The molecule has 2 heterocycles. The Bertz CT molecular complexity index is 834. The van der Waals surface area contributed by atoms with Crippen LogP contribution in [0.3, 0.4) is 0 Å². The summed E-state index contributed by atoms with van der Waals surface area (Å²) >= 11 is 0. The lowest BCUT2D eigenvalue weighted by Gasteiger charge is -2.21. The van der Waals surface area contributed by atoms with Crippen molar-refractivity contribution in [3.05, 3.63) is 47.9 Å². The number of amides is 2. The lowest BCUT2D eigenvalue weighted by atomic mass is 9.87. The Balaban J connectivity index is 1.88. The molecule has 0 radical (unpaired) electrons. The molecule has 3 rings (SSSR count). The second kappa shape index (κ2) is 9.49. The molecule has 0 spiro atoms. The van der Waals surface area contributed by atoms with Crippen molar-refractivity contribution in [2.24, 2.45) is 5.92 Å². The molecule has 0 bridgehead atoms. The van der Waals surface area contributed by atoms with Crippen LogP contribution in [0.15, 0.2) is 41.0 Å². The van der Waals surface area contributed by atoms with Gasteiger partial charge >= 0.3 is 0 Å². The molecule has 1 aliphatic rings. The van der Waals surface area contributed by atoms with Gasteiger partial charge < -0.3 is 24.1 Å². The first kappa shape index (κ1) is 20.8. The van der Waals surface area contributed by atoms with E-state index in [1.807, 2.05) is 12.1 Å². The van der Waals surface area contributed by atoms with Gasteiger partial charge in [0.15, 0.2) is 5.76 Å². The van der Waals surface area contributed by atoms with Crippen molar-refractivity contribution in [2.45, 2.75) is 25.7 Å². The van der Waals surface area contributed by atoms with Crippen LogP contribution in [0.25, 0.3) is 0 Å². The number of hydrogen-bond donors (Lipinski definition) is 1. The molecular formula is C22H28N2O5. The van der Waals surface area contributed by atoms with E-state index < -0.39 is 0 Å². The zero-order valence-electron chi connectivity index (χ0n) is 17.1. The molecule has 1 N–H and O–H groups in total. The number of likely N-dealkylation sites (tertiary alicyclic amines) is 1. The predicted octanol–water partition coefficient (Wildman–Crippen LogP) is 3.07. The van der Waals surface area contributed by atoms with Crippen LogP contribution in [0.5, 0.6) is 11.5 Å². The normalized spacial score (nSPS) is 18.5. The van der Waals surface area contributed by atoms with E-state index in [9.17, 15) is 9.59 Å². The Morgan fingerprint density at radius 1 is 1.21 bits per heavy atom. The lowest BCUT2D eigenvalue weighted by Crippen LogP contribution is -2.36. The number of benzene rings is 1. The molecule has 2 amide bonds. The number of nitrogens with one attached hydrogen (secondary N) is 1. The van der Waals surface area contributed by atoms with E-state index in [1.54, 1.807) is 37.3 Å². The first-order valence-corrected chi connectivity index (χ1v) is 9.91. The van der Waals surface area contributed by atoms with Gasteiger partial charge in [-0.15, -0.1) is 0 Å². The standard InChI is InChI=1S/C22H28N2O5/c1-4-5-10-23-21(25)18-14-24(22(26)19-7-6-11-29-19)13-17(18)16-9-8-15(27-2)12-20(16)28-3/h6-9,11-12,17-18H,4-5,10,13-14H2,1-3H3,(H,23,25)/t17-,18-/m0/s1. The summed E-state index contributed by atoms with van der Waals surface area (Å²) in [6.07, 6.45) is 3.40. The number of nitrogens with zero attached hydrogens (tertiary/aromatic N) is 1. The molecular weight excluding hydrogens is 372 g/mol. The van der Waals surface area contributed by atoms with E-state index in [2.05, 4.69) is 12.2 Å². The highest BCUT2D eigenvalue weighted by Gasteiger charge is 2.42. The summed E-state index contributed by atoms with van der Waals surface area (Å²) in [5.41, 5.74) is 0.888. The second-order valence-electron chi connectivity index (χ2n) is 7.15. The minimum absolute atomic E-state index is 0.0453. The van der Waals surface area contributed by atoms with Gasteiger partial charge in [-0.25, -0.2) is 0 Å². The van der Waals surface area contributed by atoms with Gasteiger partial charge in [0.1, 0.15) is 11.5 Å². The number of hydrogen-bond acceptors (Lipinski definition) is 5. The quantitative estimate of drug-likeness (QED) is 0.689.